The first-order valence-corrected chi connectivity index (χ1v) is 12.9. The first-order valence-electron chi connectivity index (χ1n) is 10.4. The largest absolute Gasteiger partial charge is 0.309 e. The van der Waals surface area contributed by atoms with Crippen molar-refractivity contribution in [2.75, 3.05) is 0 Å². The van der Waals surface area contributed by atoms with E-state index in [1.807, 2.05) is 30.3 Å². The SMILES string of the molecule is O=P1(c2ccccc2)c2c(ccc3ccccc23)-c2ccc3c(sc4ccccc43)c21. The predicted molar refractivity (Wildman–Crippen MR) is 135 cm³/mol. The maximum absolute atomic E-state index is 15.4. The summed E-state index contributed by atoms with van der Waals surface area (Å²) in [7, 11) is -3.04. The molecule has 146 valence electrons. The van der Waals surface area contributed by atoms with Crippen LogP contribution >= 0.6 is 18.5 Å². The van der Waals surface area contributed by atoms with E-state index in [4.69, 9.17) is 0 Å². The summed E-state index contributed by atoms with van der Waals surface area (Å²) >= 11 is 1.77. The second kappa shape index (κ2) is 6.17. The Hall–Kier alpha value is -3.19. The van der Waals surface area contributed by atoms with E-state index in [0.717, 1.165) is 42.5 Å². The lowest BCUT2D eigenvalue weighted by atomic mass is 10.0. The van der Waals surface area contributed by atoms with Crippen molar-refractivity contribution in [2.45, 2.75) is 0 Å². The highest BCUT2D eigenvalue weighted by Crippen LogP contribution is 2.56. The molecule has 0 spiro atoms. The third kappa shape index (κ3) is 2.19. The predicted octanol–water partition coefficient (Wildman–Crippen LogP) is 6.83. The minimum absolute atomic E-state index is 0.913. The molecule has 1 aliphatic rings. The molecule has 3 heteroatoms. The average Bonchev–Trinajstić information content (AvgIpc) is 3.34. The molecule has 0 bridgehead atoms. The summed E-state index contributed by atoms with van der Waals surface area (Å²) in [4.78, 5) is 0. The molecule has 0 saturated heterocycles. The Kier molecular flexibility index (Phi) is 3.48. The van der Waals surface area contributed by atoms with Crippen LogP contribution in [0.15, 0.2) is 103 Å². The van der Waals surface area contributed by atoms with Gasteiger partial charge in [0.2, 0.25) is 0 Å². The molecular formula is C28H17OPS. The van der Waals surface area contributed by atoms with Crippen molar-refractivity contribution >= 4 is 65.3 Å². The Balaban J connectivity index is 1.73. The lowest BCUT2D eigenvalue weighted by Crippen LogP contribution is -2.21. The Morgan fingerprint density at radius 1 is 0.548 bits per heavy atom. The smallest absolute Gasteiger partial charge is 0.174 e. The Morgan fingerprint density at radius 3 is 2.10 bits per heavy atom. The van der Waals surface area contributed by atoms with E-state index in [2.05, 4.69) is 72.8 Å². The van der Waals surface area contributed by atoms with Crippen LogP contribution in [0.3, 0.4) is 0 Å². The van der Waals surface area contributed by atoms with E-state index < -0.39 is 7.14 Å². The summed E-state index contributed by atoms with van der Waals surface area (Å²) < 4.78 is 17.8. The van der Waals surface area contributed by atoms with E-state index in [0.29, 0.717) is 0 Å². The van der Waals surface area contributed by atoms with Gasteiger partial charge in [0.05, 0.1) is 0 Å². The summed E-state index contributed by atoms with van der Waals surface area (Å²) in [6.07, 6.45) is 0. The number of hydrogen-bond acceptors (Lipinski definition) is 2. The summed E-state index contributed by atoms with van der Waals surface area (Å²) in [5.74, 6) is 0. The Labute approximate surface area is 184 Å². The highest BCUT2D eigenvalue weighted by Gasteiger charge is 2.43. The molecule has 1 unspecified atom stereocenters. The van der Waals surface area contributed by atoms with Crippen molar-refractivity contribution in [3.8, 4) is 11.1 Å². The number of rotatable bonds is 1. The van der Waals surface area contributed by atoms with Gasteiger partial charge < -0.3 is 4.57 Å². The zero-order valence-electron chi connectivity index (χ0n) is 16.6. The molecule has 5 aromatic carbocycles. The van der Waals surface area contributed by atoms with Crippen LogP contribution in [-0.4, -0.2) is 0 Å². The lowest BCUT2D eigenvalue weighted by Gasteiger charge is -2.18. The minimum Gasteiger partial charge on any atom is -0.309 e. The van der Waals surface area contributed by atoms with Gasteiger partial charge >= 0.3 is 0 Å². The Bertz CT molecular complexity index is 1710. The van der Waals surface area contributed by atoms with Crippen LogP contribution in [0.5, 0.6) is 0 Å². The van der Waals surface area contributed by atoms with Gasteiger partial charge in [-0.3, -0.25) is 0 Å². The molecule has 0 amide bonds. The molecule has 1 aliphatic heterocycles. The van der Waals surface area contributed by atoms with E-state index in [9.17, 15) is 0 Å². The van der Waals surface area contributed by atoms with E-state index in [1.165, 1.54) is 15.5 Å². The van der Waals surface area contributed by atoms with Crippen LogP contribution in [0, 0.1) is 0 Å². The van der Waals surface area contributed by atoms with Crippen LogP contribution in [0.4, 0.5) is 0 Å². The molecule has 0 radical (unpaired) electrons. The summed E-state index contributed by atoms with van der Waals surface area (Å²) in [5.41, 5.74) is 2.23. The maximum Gasteiger partial charge on any atom is 0.174 e. The molecule has 0 saturated carbocycles. The van der Waals surface area contributed by atoms with Crippen LogP contribution < -0.4 is 15.9 Å². The van der Waals surface area contributed by atoms with Crippen molar-refractivity contribution in [1.82, 2.24) is 0 Å². The van der Waals surface area contributed by atoms with Crippen LogP contribution in [-0.2, 0) is 4.57 Å². The highest BCUT2D eigenvalue weighted by atomic mass is 32.1. The second-order valence-corrected chi connectivity index (χ2v) is 11.7. The first kappa shape index (κ1) is 17.5. The molecule has 0 aliphatic carbocycles. The van der Waals surface area contributed by atoms with Gasteiger partial charge in [-0.15, -0.1) is 11.3 Å². The fraction of sp³-hybridized carbons (Fsp3) is 0. The van der Waals surface area contributed by atoms with Gasteiger partial charge in [-0.2, -0.15) is 0 Å². The quantitative estimate of drug-likeness (QED) is 0.260. The van der Waals surface area contributed by atoms with Crippen molar-refractivity contribution in [3.63, 3.8) is 0 Å². The minimum atomic E-state index is -3.04. The Morgan fingerprint density at radius 2 is 1.23 bits per heavy atom. The van der Waals surface area contributed by atoms with Gasteiger partial charge in [0, 0.05) is 36.1 Å². The number of benzene rings is 5. The summed E-state index contributed by atoms with van der Waals surface area (Å²) in [6, 6.07) is 35.6. The molecular weight excluding hydrogens is 415 g/mol. The molecule has 1 atom stereocenters. The fourth-order valence-electron chi connectivity index (χ4n) is 5.12. The zero-order valence-corrected chi connectivity index (χ0v) is 18.3. The highest BCUT2D eigenvalue weighted by molar-refractivity contribution is 7.87. The molecule has 1 nitrogen and oxygen atoms in total. The lowest BCUT2D eigenvalue weighted by molar-refractivity contribution is 0.593. The van der Waals surface area contributed by atoms with Gasteiger partial charge in [-0.25, -0.2) is 0 Å². The second-order valence-electron chi connectivity index (χ2n) is 8.06. The van der Waals surface area contributed by atoms with Crippen molar-refractivity contribution in [2.24, 2.45) is 0 Å². The third-order valence-electron chi connectivity index (χ3n) is 6.46. The molecule has 1 aromatic heterocycles. The van der Waals surface area contributed by atoms with Gasteiger partial charge in [-0.1, -0.05) is 97.1 Å². The van der Waals surface area contributed by atoms with Gasteiger partial charge in [-0.05, 0) is 28.0 Å². The molecule has 0 fully saturated rings. The van der Waals surface area contributed by atoms with Gasteiger partial charge in [0.1, 0.15) is 0 Å². The average molecular weight is 432 g/mol. The maximum atomic E-state index is 15.4. The zero-order chi connectivity index (χ0) is 20.6. The van der Waals surface area contributed by atoms with E-state index >= 15 is 4.57 Å². The first-order chi connectivity index (χ1) is 15.3. The van der Waals surface area contributed by atoms with Crippen molar-refractivity contribution < 1.29 is 4.57 Å². The van der Waals surface area contributed by atoms with E-state index in [-0.39, 0.29) is 0 Å². The molecule has 31 heavy (non-hydrogen) atoms. The van der Waals surface area contributed by atoms with Crippen LogP contribution in [0.2, 0.25) is 0 Å². The molecule has 6 aromatic rings. The van der Waals surface area contributed by atoms with E-state index in [1.54, 1.807) is 11.3 Å². The number of fused-ring (bicyclic) bond motifs is 9. The fourth-order valence-corrected chi connectivity index (χ4v) is 10.1. The van der Waals surface area contributed by atoms with Crippen molar-refractivity contribution in [3.05, 3.63) is 103 Å². The normalized spacial score (nSPS) is 17.3. The van der Waals surface area contributed by atoms with Gasteiger partial charge in [0.15, 0.2) is 7.14 Å². The van der Waals surface area contributed by atoms with Crippen LogP contribution in [0.25, 0.3) is 42.1 Å². The summed E-state index contributed by atoms with van der Waals surface area (Å²) in [5, 5.41) is 7.60. The third-order valence-corrected chi connectivity index (χ3v) is 11.0. The van der Waals surface area contributed by atoms with Gasteiger partial charge in [0.25, 0.3) is 0 Å². The van der Waals surface area contributed by atoms with Crippen LogP contribution in [0.1, 0.15) is 0 Å². The number of hydrogen-bond donors (Lipinski definition) is 0. The molecule has 7 rings (SSSR count). The number of thiophene rings is 1. The molecule has 2 heterocycles. The topological polar surface area (TPSA) is 17.1 Å². The molecule has 0 N–H and O–H groups in total. The monoisotopic (exact) mass is 432 g/mol. The van der Waals surface area contributed by atoms with Crippen molar-refractivity contribution in [1.29, 1.82) is 0 Å². The standard InChI is InChI=1S/C28H17OPS/c29-30(19-9-2-1-3-10-19)26-20-11-5-4-8-18(20)14-15-22(26)23-16-17-24-21-12-6-7-13-25(21)31-28(24)27(23)30/h1-17H. The summed E-state index contributed by atoms with van der Waals surface area (Å²) in [6.45, 7) is 0.